The number of nitrogens with two attached hydrogens (primary N) is 1. The first-order chi connectivity index (χ1) is 14.9. The molecule has 0 bridgehead atoms. The number of anilines is 3. The van der Waals surface area contributed by atoms with Gasteiger partial charge in [0.05, 0.1) is 10.6 Å². The second-order valence-electron chi connectivity index (χ2n) is 7.27. The fourth-order valence-electron chi connectivity index (χ4n) is 3.12. The van der Waals surface area contributed by atoms with Gasteiger partial charge in [-0.05, 0) is 50.2 Å². The first-order valence-electron chi connectivity index (χ1n) is 10.2. The zero-order valence-electron chi connectivity index (χ0n) is 17.9. The third-order valence-electron chi connectivity index (χ3n) is 4.79. The highest BCUT2D eigenvalue weighted by Gasteiger charge is 2.26. The van der Waals surface area contributed by atoms with Crippen molar-refractivity contribution >= 4 is 27.2 Å². The van der Waals surface area contributed by atoms with Gasteiger partial charge in [-0.3, -0.25) is 4.31 Å². The number of hydrogen-bond donors (Lipinski definition) is 3. The quantitative estimate of drug-likeness (QED) is 0.419. The van der Waals surface area contributed by atoms with E-state index < -0.39 is 10.0 Å². The molecule has 7 nitrogen and oxygen atoms in total. The molecule has 0 aliphatic heterocycles. The number of pyridine rings is 1. The van der Waals surface area contributed by atoms with Crippen LogP contribution in [0.3, 0.4) is 0 Å². The van der Waals surface area contributed by atoms with E-state index in [1.54, 1.807) is 42.6 Å². The van der Waals surface area contributed by atoms with Gasteiger partial charge in [0, 0.05) is 38.1 Å². The lowest BCUT2D eigenvalue weighted by molar-refractivity contribution is 0.591. The standard InChI is InChI=1S/C23H29N5O2S/c1-18-5-9-20(10-6-18)25-15-16-27-23-22(4-3-14-26-23)28(17-13-24)31(29,30)21-11-7-19(2)8-12-21/h3-12,14,25H,13,15-17,24H2,1-2H3,(H,26,27). The summed E-state index contributed by atoms with van der Waals surface area (Å²) < 4.78 is 28.0. The number of hydrogen-bond acceptors (Lipinski definition) is 6. The second-order valence-corrected chi connectivity index (χ2v) is 9.13. The van der Waals surface area contributed by atoms with E-state index >= 15 is 0 Å². The number of sulfonamides is 1. The molecule has 0 spiro atoms. The maximum absolute atomic E-state index is 13.3. The molecule has 0 saturated carbocycles. The molecule has 0 saturated heterocycles. The van der Waals surface area contributed by atoms with Crippen molar-refractivity contribution < 1.29 is 8.42 Å². The van der Waals surface area contributed by atoms with Gasteiger partial charge in [0.15, 0.2) is 5.82 Å². The molecule has 4 N–H and O–H groups in total. The molecule has 0 unspecified atom stereocenters. The lowest BCUT2D eigenvalue weighted by Crippen LogP contribution is -2.36. The van der Waals surface area contributed by atoms with Gasteiger partial charge in [-0.2, -0.15) is 0 Å². The number of benzene rings is 2. The van der Waals surface area contributed by atoms with Crippen LogP contribution in [0.4, 0.5) is 17.2 Å². The highest BCUT2D eigenvalue weighted by molar-refractivity contribution is 7.92. The summed E-state index contributed by atoms with van der Waals surface area (Å²) in [5.41, 5.74) is 9.46. The number of aryl methyl sites for hydroxylation is 2. The minimum atomic E-state index is -3.78. The molecule has 3 rings (SSSR count). The maximum Gasteiger partial charge on any atom is 0.264 e. The molecule has 164 valence electrons. The van der Waals surface area contributed by atoms with Gasteiger partial charge in [0.1, 0.15) is 0 Å². The summed E-state index contributed by atoms with van der Waals surface area (Å²) in [4.78, 5) is 4.60. The number of nitrogens with one attached hydrogen (secondary N) is 2. The predicted molar refractivity (Wildman–Crippen MR) is 127 cm³/mol. The molecule has 0 aliphatic carbocycles. The van der Waals surface area contributed by atoms with Crippen molar-refractivity contribution in [2.45, 2.75) is 18.7 Å². The molecule has 1 aromatic heterocycles. The summed E-state index contributed by atoms with van der Waals surface area (Å²) in [6.07, 6.45) is 1.64. The molecule has 1 heterocycles. The monoisotopic (exact) mass is 439 g/mol. The van der Waals surface area contributed by atoms with E-state index in [0.717, 1.165) is 11.3 Å². The van der Waals surface area contributed by atoms with E-state index in [-0.39, 0.29) is 18.0 Å². The topological polar surface area (TPSA) is 100 Å². The molecule has 2 aromatic carbocycles. The molecule has 8 heteroatoms. The molecular formula is C23H29N5O2S. The van der Waals surface area contributed by atoms with Gasteiger partial charge in [-0.25, -0.2) is 13.4 Å². The molecule has 0 amide bonds. The predicted octanol–water partition coefficient (Wildman–Crippen LogP) is 3.38. The fourth-order valence-corrected chi connectivity index (χ4v) is 4.60. The first kappa shape index (κ1) is 22.6. The van der Waals surface area contributed by atoms with Gasteiger partial charge in [-0.15, -0.1) is 0 Å². The van der Waals surface area contributed by atoms with Crippen LogP contribution in [-0.4, -0.2) is 39.6 Å². The molecule has 3 aromatic rings. The number of nitrogens with zero attached hydrogens (tertiary/aromatic N) is 2. The summed E-state index contributed by atoms with van der Waals surface area (Å²) >= 11 is 0. The van der Waals surface area contributed by atoms with E-state index in [1.165, 1.54) is 9.87 Å². The second kappa shape index (κ2) is 10.3. The Morgan fingerprint density at radius 2 is 1.52 bits per heavy atom. The van der Waals surface area contributed by atoms with E-state index in [4.69, 9.17) is 5.73 Å². The normalized spacial score (nSPS) is 11.2. The van der Waals surface area contributed by atoms with E-state index in [1.807, 2.05) is 38.1 Å². The highest BCUT2D eigenvalue weighted by Crippen LogP contribution is 2.29. The Morgan fingerprint density at radius 1 is 0.903 bits per heavy atom. The number of rotatable bonds is 10. The van der Waals surface area contributed by atoms with Crippen LogP contribution in [-0.2, 0) is 10.0 Å². The Balaban J connectivity index is 1.76. The van der Waals surface area contributed by atoms with Gasteiger partial charge in [0.25, 0.3) is 10.0 Å². The third kappa shape index (κ3) is 5.74. The van der Waals surface area contributed by atoms with Crippen LogP contribution < -0.4 is 20.7 Å². The molecule has 0 atom stereocenters. The largest absolute Gasteiger partial charge is 0.383 e. The van der Waals surface area contributed by atoms with Crippen LogP contribution in [0.5, 0.6) is 0 Å². The Kier molecular flexibility index (Phi) is 7.49. The minimum Gasteiger partial charge on any atom is -0.383 e. The van der Waals surface area contributed by atoms with E-state index in [0.29, 0.717) is 24.6 Å². The van der Waals surface area contributed by atoms with Gasteiger partial charge in [-0.1, -0.05) is 35.4 Å². The zero-order valence-corrected chi connectivity index (χ0v) is 18.7. The van der Waals surface area contributed by atoms with Crippen molar-refractivity contribution in [2.75, 3.05) is 41.1 Å². The van der Waals surface area contributed by atoms with Crippen LogP contribution in [0.2, 0.25) is 0 Å². The lowest BCUT2D eigenvalue weighted by atomic mass is 10.2. The van der Waals surface area contributed by atoms with Crippen molar-refractivity contribution in [1.82, 2.24) is 4.98 Å². The van der Waals surface area contributed by atoms with Crippen LogP contribution in [0, 0.1) is 13.8 Å². The molecular weight excluding hydrogens is 410 g/mol. The molecule has 0 radical (unpaired) electrons. The number of aromatic nitrogens is 1. The van der Waals surface area contributed by atoms with Crippen molar-refractivity contribution in [1.29, 1.82) is 0 Å². The van der Waals surface area contributed by atoms with Crippen LogP contribution in [0.1, 0.15) is 11.1 Å². The van der Waals surface area contributed by atoms with Crippen LogP contribution >= 0.6 is 0 Å². The molecule has 0 aliphatic rings. The van der Waals surface area contributed by atoms with Crippen molar-refractivity contribution in [3.05, 3.63) is 78.0 Å². The van der Waals surface area contributed by atoms with Crippen molar-refractivity contribution in [3.8, 4) is 0 Å². The Hall–Kier alpha value is -3.10. The summed E-state index contributed by atoms with van der Waals surface area (Å²) in [6.45, 7) is 5.53. The fraction of sp³-hybridized carbons (Fsp3) is 0.261. The van der Waals surface area contributed by atoms with E-state index in [9.17, 15) is 8.42 Å². The maximum atomic E-state index is 13.3. The minimum absolute atomic E-state index is 0.151. The van der Waals surface area contributed by atoms with Gasteiger partial charge < -0.3 is 16.4 Å². The van der Waals surface area contributed by atoms with Crippen LogP contribution in [0.25, 0.3) is 0 Å². The highest BCUT2D eigenvalue weighted by atomic mass is 32.2. The van der Waals surface area contributed by atoms with Crippen LogP contribution in [0.15, 0.2) is 71.8 Å². The SMILES string of the molecule is Cc1ccc(NCCNc2ncccc2N(CCN)S(=O)(=O)c2ccc(C)cc2)cc1. The lowest BCUT2D eigenvalue weighted by Gasteiger charge is -2.26. The Labute approximate surface area is 184 Å². The van der Waals surface area contributed by atoms with Gasteiger partial charge in [0.2, 0.25) is 0 Å². The van der Waals surface area contributed by atoms with Gasteiger partial charge >= 0.3 is 0 Å². The molecule has 0 fully saturated rings. The summed E-state index contributed by atoms with van der Waals surface area (Å²) in [5, 5.41) is 6.58. The summed E-state index contributed by atoms with van der Waals surface area (Å²) in [6, 6.07) is 18.4. The Bertz CT molecular complexity index is 1080. The smallest absolute Gasteiger partial charge is 0.264 e. The Morgan fingerprint density at radius 3 is 2.16 bits per heavy atom. The van der Waals surface area contributed by atoms with E-state index in [2.05, 4.69) is 15.6 Å². The summed E-state index contributed by atoms with van der Waals surface area (Å²) in [7, 11) is -3.78. The first-order valence-corrected chi connectivity index (χ1v) is 11.6. The average molecular weight is 440 g/mol. The molecule has 31 heavy (non-hydrogen) atoms. The summed E-state index contributed by atoms with van der Waals surface area (Å²) in [5.74, 6) is 0.498. The zero-order chi connectivity index (χ0) is 22.3. The van der Waals surface area contributed by atoms with Crippen molar-refractivity contribution in [2.24, 2.45) is 5.73 Å². The van der Waals surface area contributed by atoms with Crippen molar-refractivity contribution in [3.63, 3.8) is 0 Å². The third-order valence-corrected chi connectivity index (χ3v) is 6.62. The average Bonchev–Trinajstić information content (AvgIpc) is 2.77.